The molecule has 1 aromatic rings. The number of nitrogens with zero attached hydrogens (tertiary/aromatic N) is 1. The third-order valence-corrected chi connectivity index (χ3v) is 2.32. The van der Waals surface area contributed by atoms with Crippen molar-refractivity contribution in [3.63, 3.8) is 0 Å². The highest BCUT2D eigenvalue weighted by Gasteiger charge is 2.21. The monoisotopic (exact) mass is 237 g/mol. The average Bonchev–Trinajstić information content (AvgIpc) is 2.37. The third kappa shape index (κ3) is 3.54. The number of benzene rings is 1. The fraction of sp³-hybridized carbons (Fsp3) is 0.273. The van der Waals surface area contributed by atoms with Gasteiger partial charge in [0.05, 0.1) is 12.5 Å². The van der Waals surface area contributed by atoms with E-state index in [1.807, 2.05) is 6.07 Å². The van der Waals surface area contributed by atoms with Crippen LogP contribution in [-0.4, -0.2) is 30.1 Å². The molecule has 0 aliphatic carbocycles. The van der Waals surface area contributed by atoms with Gasteiger partial charge in [0.15, 0.2) is 0 Å². The lowest BCUT2D eigenvalue weighted by Gasteiger charge is -2.20. The van der Waals surface area contributed by atoms with Crippen LogP contribution in [0.2, 0.25) is 0 Å². The van der Waals surface area contributed by atoms with E-state index >= 15 is 0 Å². The number of likely N-dealkylation sites (N-methyl/N-ethyl adjacent to an activating group) is 1. The number of hydrogen-bond acceptors (Lipinski definition) is 4. The summed E-state index contributed by atoms with van der Waals surface area (Å²) in [5, 5.41) is 8.34. The van der Waals surface area contributed by atoms with E-state index in [-0.39, 0.29) is 12.3 Å². The number of rotatable bonds is 4. The van der Waals surface area contributed by atoms with Gasteiger partial charge in [-0.15, -0.1) is 0 Å². The molecule has 1 aromatic carbocycles. The van der Waals surface area contributed by atoms with E-state index in [4.69, 9.17) is 10.9 Å². The Morgan fingerprint density at radius 2 is 2.00 bits per heavy atom. The van der Waals surface area contributed by atoms with Gasteiger partial charge in [0, 0.05) is 12.7 Å². The zero-order chi connectivity index (χ0) is 12.8. The number of carbonyl (C=O) groups excluding carboxylic acids is 2. The van der Waals surface area contributed by atoms with Gasteiger partial charge in [-0.1, -0.05) is 18.2 Å². The molecule has 6 nitrogen and oxygen atoms in total. The second-order valence-corrected chi connectivity index (χ2v) is 3.58. The van der Waals surface area contributed by atoms with Crippen molar-refractivity contribution in [1.82, 2.24) is 5.48 Å². The fourth-order valence-electron chi connectivity index (χ4n) is 1.36. The van der Waals surface area contributed by atoms with E-state index in [0.29, 0.717) is 5.69 Å². The molecule has 0 bridgehead atoms. The zero-order valence-corrected chi connectivity index (χ0v) is 9.46. The van der Waals surface area contributed by atoms with Crippen LogP contribution in [0.25, 0.3) is 0 Å². The van der Waals surface area contributed by atoms with Crippen molar-refractivity contribution in [2.75, 3.05) is 11.9 Å². The highest BCUT2D eigenvalue weighted by molar-refractivity contribution is 5.98. The Labute approximate surface area is 99.0 Å². The van der Waals surface area contributed by atoms with E-state index in [1.165, 1.54) is 10.4 Å². The maximum atomic E-state index is 11.8. The lowest BCUT2D eigenvalue weighted by molar-refractivity contribution is -0.132. The minimum absolute atomic E-state index is 0.257. The van der Waals surface area contributed by atoms with Gasteiger partial charge in [-0.25, -0.2) is 5.48 Å². The Kier molecular flexibility index (Phi) is 4.62. The number of hydrogen-bond donors (Lipinski definition) is 3. The Balaban J connectivity index is 2.67. The molecule has 0 spiro atoms. The zero-order valence-electron chi connectivity index (χ0n) is 9.46. The molecule has 0 radical (unpaired) electrons. The van der Waals surface area contributed by atoms with Crippen molar-refractivity contribution in [1.29, 1.82) is 0 Å². The molecule has 0 unspecified atom stereocenters. The smallest absolute Gasteiger partial charge is 0.245 e. The lowest BCUT2D eigenvalue weighted by Crippen LogP contribution is -2.44. The summed E-state index contributed by atoms with van der Waals surface area (Å²) < 4.78 is 0. The number of para-hydroxylation sites is 1. The van der Waals surface area contributed by atoms with Crippen molar-refractivity contribution in [3.05, 3.63) is 30.3 Å². The Morgan fingerprint density at radius 3 is 2.53 bits per heavy atom. The maximum absolute atomic E-state index is 11.8. The van der Waals surface area contributed by atoms with Crippen LogP contribution in [0.5, 0.6) is 0 Å². The van der Waals surface area contributed by atoms with Crippen molar-refractivity contribution >= 4 is 17.5 Å². The van der Waals surface area contributed by atoms with E-state index in [2.05, 4.69) is 0 Å². The molecule has 17 heavy (non-hydrogen) atoms. The summed E-state index contributed by atoms with van der Waals surface area (Å²) in [6, 6.07) is 7.97. The molecule has 2 amide bonds. The summed E-state index contributed by atoms with van der Waals surface area (Å²) in [7, 11) is 1.58. The van der Waals surface area contributed by atoms with E-state index < -0.39 is 11.9 Å². The largest absolute Gasteiger partial charge is 0.319 e. The summed E-state index contributed by atoms with van der Waals surface area (Å²) in [4.78, 5) is 24.1. The van der Waals surface area contributed by atoms with Crippen LogP contribution >= 0.6 is 0 Å². The molecular weight excluding hydrogens is 222 g/mol. The van der Waals surface area contributed by atoms with Gasteiger partial charge in [-0.2, -0.15) is 0 Å². The highest BCUT2D eigenvalue weighted by Crippen LogP contribution is 2.12. The first-order valence-corrected chi connectivity index (χ1v) is 5.07. The second-order valence-electron chi connectivity index (χ2n) is 3.58. The molecule has 6 heteroatoms. The number of amides is 2. The first-order chi connectivity index (χ1) is 8.06. The summed E-state index contributed by atoms with van der Waals surface area (Å²) >= 11 is 0. The summed E-state index contributed by atoms with van der Waals surface area (Å²) in [5.74, 6) is -1.08. The van der Waals surface area contributed by atoms with Gasteiger partial charge in [0.25, 0.3) is 0 Å². The van der Waals surface area contributed by atoms with Gasteiger partial charge < -0.3 is 10.6 Å². The van der Waals surface area contributed by atoms with E-state index in [0.717, 1.165) is 0 Å². The third-order valence-electron chi connectivity index (χ3n) is 2.32. The number of hydroxylamine groups is 1. The van der Waals surface area contributed by atoms with Crippen LogP contribution < -0.4 is 16.1 Å². The van der Waals surface area contributed by atoms with E-state index in [1.54, 1.807) is 31.3 Å². The summed E-state index contributed by atoms with van der Waals surface area (Å²) in [6.45, 7) is 0. The Bertz CT molecular complexity index is 394. The lowest BCUT2D eigenvalue weighted by atomic mass is 10.1. The number of nitrogens with two attached hydrogens (primary N) is 1. The maximum Gasteiger partial charge on any atom is 0.245 e. The first kappa shape index (κ1) is 13.1. The van der Waals surface area contributed by atoms with Crippen LogP contribution in [0.1, 0.15) is 6.42 Å². The topological polar surface area (TPSA) is 95.7 Å². The predicted octanol–water partition coefficient (Wildman–Crippen LogP) is -0.128. The quantitative estimate of drug-likeness (QED) is 0.502. The van der Waals surface area contributed by atoms with Crippen LogP contribution in [0.3, 0.4) is 0 Å². The molecule has 4 N–H and O–H groups in total. The van der Waals surface area contributed by atoms with Crippen molar-refractivity contribution < 1.29 is 14.8 Å². The van der Waals surface area contributed by atoms with Gasteiger partial charge >= 0.3 is 0 Å². The summed E-state index contributed by atoms with van der Waals surface area (Å²) in [5.41, 5.74) is 7.70. The minimum atomic E-state index is -0.979. The molecule has 0 heterocycles. The van der Waals surface area contributed by atoms with Gasteiger partial charge in [0.2, 0.25) is 11.8 Å². The number of anilines is 1. The first-order valence-electron chi connectivity index (χ1n) is 5.07. The second kappa shape index (κ2) is 5.97. The van der Waals surface area contributed by atoms with Gasteiger partial charge in [-0.05, 0) is 12.1 Å². The van der Waals surface area contributed by atoms with Crippen LogP contribution in [0, 0.1) is 0 Å². The number of carbonyl (C=O) groups is 2. The van der Waals surface area contributed by atoms with Crippen molar-refractivity contribution in [3.8, 4) is 0 Å². The molecule has 0 aliphatic heterocycles. The van der Waals surface area contributed by atoms with Crippen molar-refractivity contribution in [2.24, 2.45) is 5.73 Å². The molecule has 0 saturated heterocycles. The van der Waals surface area contributed by atoms with Crippen molar-refractivity contribution in [2.45, 2.75) is 12.5 Å². The highest BCUT2D eigenvalue weighted by atomic mass is 16.5. The van der Waals surface area contributed by atoms with Crippen LogP contribution in [0.4, 0.5) is 5.69 Å². The Morgan fingerprint density at radius 1 is 1.41 bits per heavy atom. The molecule has 0 fully saturated rings. The fourth-order valence-corrected chi connectivity index (χ4v) is 1.36. The average molecular weight is 237 g/mol. The summed E-state index contributed by atoms with van der Waals surface area (Å²) in [6.07, 6.45) is -0.257. The normalized spacial score (nSPS) is 11.7. The molecule has 0 aliphatic rings. The standard InChI is InChI=1S/C11H15N3O3/c1-14(8-5-3-2-4-6-8)11(16)9(12)7-10(15)13-17/h2-6,9,17H,7,12H2,1H3,(H,13,15)/t9-/m0/s1. The van der Waals surface area contributed by atoms with E-state index in [9.17, 15) is 9.59 Å². The van der Waals surface area contributed by atoms with Gasteiger partial charge in [-0.3, -0.25) is 14.8 Å². The molecule has 1 rings (SSSR count). The SMILES string of the molecule is CN(C(=O)[C@@H](N)CC(=O)NO)c1ccccc1. The number of nitrogens with one attached hydrogen (secondary N) is 1. The van der Waals surface area contributed by atoms with Gasteiger partial charge in [0.1, 0.15) is 0 Å². The molecule has 92 valence electrons. The molecular formula is C11H15N3O3. The predicted molar refractivity (Wildman–Crippen MR) is 62.4 cm³/mol. The van der Waals surface area contributed by atoms with Crippen LogP contribution in [0.15, 0.2) is 30.3 Å². The molecule has 1 atom stereocenters. The molecule has 0 aromatic heterocycles. The minimum Gasteiger partial charge on any atom is -0.319 e. The Hall–Kier alpha value is -1.92. The van der Waals surface area contributed by atoms with Crippen LogP contribution in [-0.2, 0) is 9.59 Å². The molecule has 0 saturated carbocycles.